The molecule has 2 rings (SSSR count). The molecule has 0 radical (unpaired) electrons. The second kappa shape index (κ2) is 2.25. The first-order chi connectivity index (χ1) is 4.86. The fourth-order valence-electron chi connectivity index (χ4n) is 1.07. The largest absolute Gasteiger partial charge is 0.321 e. The topological polar surface area (TPSA) is 24.1 Å². The fourth-order valence-corrected chi connectivity index (χ4v) is 1.47. The number of hydrogen-bond acceptors (Lipinski definition) is 2. The molecule has 0 fully saturated rings. The maximum atomic E-state index is 3.41. The van der Waals surface area contributed by atoms with Crippen LogP contribution in [0.25, 0.3) is 0 Å². The molecule has 0 unspecified atom stereocenters. The van der Waals surface area contributed by atoms with Crippen molar-refractivity contribution in [3.05, 3.63) is 28.2 Å². The number of halogens is 1. The number of hydrazine groups is 1. The van der Waals surface area contributed by atoms with E-state index < -0.39 is 0 Å². The maximum absolute atomic E-state index is 3.41. The van der Waals surface area contributed by atoms with E-state index in [1.807, 2.05) is 6.07 Å². The SMILES string of the molecule is Brc1ccc2c(c1)CNN2. The van der Waals surface area contributed by atoms with Gasteiger partial charge in [-0.15, -0.1) is 0 Å². The maximum Gasteiger partial charge on any atom is 0.0534 e. The van der Waals surface area contributed by atoms with E-state index >= 15 is 0 Å². The van der Waals surface area contributed by atoms with Crippen LogP contribution in [0.1, 0.15) is 5.56 Å². The number of benzene rings is 1. The van der Waals surface area contributed by atoms with Gasteiger partial charge >= 0.3 is 0 Å². The van der Waals surface area contributed by atoms with Crippen molar-refractivity contribution in [3.8, 4) is 0 Å². The quantitative estimate of drug-likeness (QED) is 0.666. The molecule has 0 bridgehead atoms. The third kappa shape index (κ3) is 0.914. The van der Waals surface area contributed by atoms with Crippen LogP contribution >= 0.6 is 15.9 Å². The van der Waals surface area contributed by atoms with Crippen molar-refractivity contribution in [2.75, 3.05) is 5.43 Å². The molecule has 0 aliphatic carbocycles. The molecule has 3 heteroatoms. The first-order valence-electron chi connectivity index (χ1n) is 3.13. The Kier molecular flexibility index (Phi) is 1.39. The lowest BCUT2D eigenvalue weighted by Crippen LogP contribution is -2.10. The molecule has 0 amide bonds. The van der Waals surface area contributed by atoms with E-state index in [2.05, 4.69) is 38.9 Å². The molecule has 1 aromatic carbocycles. The summed E-state index contributed by atoms with van der Waals surface area (Å²) in [5.74, 6) is 0. The number of hydrogen-bond donors (Lipinski definition) is 2. The molecule has 1 aliphatic heterocycles. The van der Waals surface area contributed by atoms with Crippen molar-refractivity contribution in [2.24, 2.45) is 0 Å². The summed E-state index contributed by atoms with van der Waals surface area (Å²) in [6.07, 6.45) is 0. The Balaban J connectivity index is 2.52. The molecular formula is C7H7BrN2. The Labute approximate surface area is 67.7 Å². The van der Waals surface area contributed by atoms with Crippen LogP contribution in [0, 0.1) is 0 Å². The van der Waals surface area contributed by atoms with E-state index in [4.69, 9.17) is 0 Å². The van der Waals surface area contributed by atoms with Crippen molar-refractivity contribution in [1.29, 1.82) is 0 Å². The fraction of sp³-hybridized carbons (Fsp3) is 0.143. The van der Waals surface area contributed by atoms with Gasteiger partial charge in [-0.2, -0.15) is 0 Å². The lowest BCUT2D eigenvalue weighted by atomic mass is 10.2. The number of rotatable bonds is 0. The lowest BCUT2D eigenvalue weighted by molar-refractivity contribution is 0.860. The summed E-state index contributed by atoms with van der Waals surface area (Å²) in [5, 5.41) is 0. The van der Waals surface area contributed by atoms with Gasteiger partial charge < -0.3 is 5.43 Å². The zero-order valence-electron chi connectivity index (χ0n) is 5.32. The first-order valence-corrected chi connectivity index (χ1v) is 3.93. The Bertz CT molecular complexity index is 260. The van der Waals surface area contributed by atoms with E-state index in [1.165, 1.54) is 11.3 Å². The van der Waals surface area contributed by atoms with Crippen LogP contribution in [-0.4, -0.2) is 0 Å². The molecule has 1 aliphatic rings. The summed E-state index contributed by atoms with van der Waals surface area (Å²) in [5.41, 5.74) is 8.60. The minimum absolute atomic E-state index is 0.911. The molecule has 0 saturated carbocycles. The van der Waals surface area contributed by atoms with Crippen LogP contribution in [0.2, 0.25) is 0 Å². The van der Waals surface area contributed by atoms with Crippen molar-refractivity contribution >= 4 is 21.6 Å². The average Bonchev–Trinajstić information content (AvgIpc) is 2.33. The van der Waals surface area contributed by atoms with Crippen LogP contribution in [0.4, 0.5) is 5.69 Å². The predicted octanol–water partition coefficient (Wildman–Crippen LogP) is 1.88. The van der Waals surface area contributed by atoms with E-state index in [1.54, 1.807) is 0 Å². The van der Waals surface area contributed by atoms with Gasteiger partial charge in [-0.25, -0.2) is 5.43 Å². The standard InChI is InChI=1S/C7H7BrN2/c8-6-1-2-7-5(3-6)4-9-10-7/h1-3,9-10H,4H2. The second-order valence-electron chi connectivity index (χ2n) is 2.28. The van der Waals surface area contributed by atoms with Crippen LogP contribution in [0.3, 0.4) is 0 Å². The lowest BCUT2D eigenvalue weighted by Gasteiger charge is -1.96. The molecular weight excluding hydrogens is 192 g/mol. The molecule has 1 heterocycles. The predicted molar refractivity (Wildman–Crippen MR) is 44.6 cm³/mol. The van der Waals surface area contributed by atoms with Crippen LogP contribution < -0.4 is 10.9 Å². The Morgan fingerprint density at radius 1 is 1.40 bits per heavy atom. The molecule has 52 valence electrons. The summed E-state index contributed by atoms with van der Waals surface area (Å²) >= 11 is 3.41. The zero-order valence-corrected chi connectivity index (χ0v) is 6.90. The Morgan fingerprint density at radius 3 is 3.20 bits per heavy atom. The smallest absolute Gasteiger partial charge is 0.0534 e. The molecule has 0 saturated heterocycles. The van der Waals surface area contributed by atoms with Crippen molar-refractivity contribution in [1.82, 2.24) is 5.43 Å². The normalized spacial score (nSPS) is 14.5. The highest BCUT2D eigenvalue weighted by molar-refractivity contribution is 9.10. The van der Waals surface area contributed by atoms with E-state index in [9.17, 15) is 0 Å². The first kappa shape index (κ1) is 6.19. The van der Waals surface area contributed by atoms with Crippen LogP contribution in [0.15, 0.2) is 22.7 Å². The summed E-state index contributed by atoms with van der Waals surface area (Å²) in [6.45, 7) is 0.911. The second-order valence-corrected chi connectivity index (χ2v) is 3.20. The van der Waals surface area contributed by atoms with Gasteiger partial charge in [-0.05, 0) is 23.8 Å². The third-order valence-corrected chi connectivity index (χ3v) is 2.06. The van der Waals surface area contributed by atoms with Gasteiger partial charge in [-0.3, -0.25) is 0 Å². The van der Waals surface area contributed by atoms with E-state index in [0.717, 1.165) is 11.0 Å². The van der Waals surface area contributed by atoms with E-state index in [0.29, 0.717) is 0 Å². The van der Waals surface area contributed by atoms with Crippen LogP contribution in [0.5, 0.6) is 0 Å². The highest BCUT2D eigenvalue weighted by Gasteiger charge is 2.07. The Hall–Kier alpha value is -0.540. The minimum Gasteiger partial charge on any atom is -0.321 e. The van der Waals surface area contributed by atoms with Gasteiger partial charge in [0.15, 0.2) is 0 Å². The minimum atomic E-state index is 0.911. The highest BCUT2D eigenvalue weighted by Crippen LogP contribution is 2.23. The highest BCUT2D eigenvalue weighted by atomic mass is 79.9. The molecule has 0 spiro atoms. The van der Waals surface area contributed by atoms with Crippen molar-refractivity contribution < 1.29 is 0 Å². The molecule has 10 heavy (non-hydrogen) atoms. The van der Waals surface area contributed by atoms with Crippen molar-refractivity contribution in [2.45, 2.75) is 6.54 Å². The molecule has 2 nitrogen and oxygen atoms in total. The van der Waals surface area contributed by atoms with Gasteiger partial charge in [0, 0.05) is 11.0 Å². The number of nitrogens with one attached hydrogen (secondary N) is 2. The van der Waals surface area contributed by atoms with Gasteiger partial charge in [0.25, 0.3) is 0 Å². The molecule has 0 atom stereocenters. The number of anilines is 1. The summed E-state index contributed by atoms with van der Waals surface area (Å²) in [7, 11) is 0. The van der Waals surface area contributed by atoms with E-state index in [-0.39, 0.29) is 0 Å². The summed E-state index contributed by atoms with van der Waals surface area (Å²) < 4.78 is 1.14. The third-order valence-electron chi connectivity index (χ3n) is 1.57. The Morgan fingerprint density at radius 2 is 2.30 bits per heavy atom. The van der Waals surface area contributed by atoms with Crippen molar-refractivity contribution in [3.63, 3.8) is 0 Å². The van der Waals surface area contributed by atoms with Crippen LogP contribution in [-0.2, 0) is 6.54 Å². The van der Waals surface area contributed by atoms with Gasteiger partial charge in [0.05, 0.1) is 5.69 Å². The van der Waals surface area contributed by atoms with Gasteiger partial charge in [0.2, 0.25) is 0 Å². The molecule has 1 aromatic rings. The number of fused-ring (bicyclic) bond motifs is 1. The zero-order chi connectivity index (χ0) is 6.97. The molecule has 0 aromatic heterocycles. The summed E-state index contributed by atoms with van der Waals surface area (Å²) in [4.78, 5) is 0. The van der Waals surface area contributed by atoms with Gasteiger partial charge in [0.1, 0.15) is 0 Å². The monoisotopic (exact) mass is 198 g/mol. The average molecular weight is 199 g/mol. The van der Waals surface area contributed by atoms with Gasteiger partial charge in [-0.1, -0.05) is 15.9 Å². The molecule has 2 N–H and O–H groups in total. The summed E-state index contributed by atoms with van der Waals surface area (Å²) in [6, 6.07) is 6.20.